The molecule has 0 aliphatic heterocycles. The van der Waals surface area contributed by atoms with Crippen LogP contribution in [0.5, 0.6) is 0 Å². The highest BCUT2D eigenvalue weighted by molar-refractivity contribution is 5.32. The van der Waals surface area contributed by atoms with Crippen LogP contribution < -0.4 is 5.32 Å². The van der Waals surface area contributed by atoms with Gasteiger partial charge in [-0.25, -0.2) is 4.68 Å². The Morgan fingerprint density at radius 1 is 1.26 bits per heavy atom. The molecule has 1 heterocycles. The fraction of sp³-hybridized carbons (Fsp3) is 0.429. The van der Waals surface area contributed by atoms with Crippen molar-refractivity contribution in [3.63, 3.8) is 0 Å². The van der Waals surface area contributed by atoms with Crippen molar-refractivity contribution >= 4 is 0 Å². The van der Waals surface area contributed by atoms with Gasteiger partial charge in [-0.05, 0) is 32.8 Å². The predicted octanol–water partition coefficient (Wildman–Crippen LogP) is 1.48. The van der Waals surface area contributed by atoms with E-state index in [0.717, 1.165) is 24.5 Å². The summed E-state index contributed by atoms with van der Waals surface area (Å²) in [5.74, 6) is 0. The number of rotatable bonds is 6. The van der Waals surface area contributed by atoms with Gasteiger partial charge in [-0.2, -0.15) is 0 Å². The van der Waals surface area contributed by atoms with Crippen molar-refractivity contribution in [2.75, 3.05) is 27.2 Å². The molecular weight excluding hydrogens is 238 g/mol. The van der Waals surface area contributed by atoms with Crippen LogP contribution in [0.25, 0.3) is 5.69 Å². The lowest BCUT2D eigenvalue weighted by atomic mass is 10.2. The minimum Gasteiger partial charge on any atom is -0.308 e. The van der Waals surface area contributed by atoms with E-state index in [1.165, 1.54) is 0 Å². The van der Waals surface area contributed by atoms with Crippen molar-refractivity contribution in [3.05, 3.63) is 42.2 Å². The number of nitrogens with one attached hydrogen (secondary N) is 1. The molecule has 0 fully saturated rings. The maximum atomic E-state index is 4.21. The molecule has 2 aromatic rings. The Kier molecular flexibility index (Phi) is 4.65. The number of hydrogen-bond acceptors (Lipinski definition) is 4. The largest absolute Gasteiger partial charge is 0.308 e. The molecule has 1 aromatic heterocycles. The van der Waals surface area contributed by atoms with Crippen LogP contribution in [-0.2, 0) is 0 Å². The van der Waals surface area contributed by atoms with Gasteiger partial charge in [0.05, 0.1) is 23.6 Å². The van der Waals surface area contributed by atoms with Crippen molar-refractivity contribution in [1.82, 2.24) is 25.2 Å². The van der Waals surface area contributed by atoms with Crippen LogP contribution in [0, 0.1) is 0 Å². The number of likely N-dealkylation sites (N-methyl/N-ethyl adjacent to an activating group) is 2. The van der Waals surface area contributed by atoms with E-state index < -0.39 is 0 Å². The maximum Gasteiger partial charge on any atom is 0.0828 e. The molecule has 0 aliphatic carbocycles. The van der Waals surface area contributed by atoms with E-state index in [2.05, 4.69) is 41.5 Å². The first-order chi connectivity index (χ1) is 9.22. The van der Waals surface area contributed by atoms with Crippen LogP contribution in [0.4, 0.5) is 0 Å². The molecule has 2 rings (SSSR count). The highest BCUT2D eigenvalue weighted by atomic mass is 15.4. The van der Waals surface area contributed by atoms with Crippen LogP contribution in [0.3, 0.4) is 0 Å². The zero-order valence-corrected chi connectivity index (χ0v) is 11.7. The molecule has 0 saturated heterocycles. The monoisotopic (exact) mass is 259 g/mol. The van der Waals surface area contributed by atoms with Crippen molar-refractivity contribution < 1.29 is 0 Å². The van der Waals surface area contributed by atoms with Crippen molar-refractivity contribution in [1.29, 1.82) is 0 Å². The quantitative estimate of drug-likeness (QED) is 0.853. The van der Waals surface area contributed by atoms with Crippen molar-refractivity contribution in [3.8, 4) is 5.69 Å². The summed E-state index contributed by atoms with van der Waals surface area (Å²) in [6.45, 7) is 3.94. The van der Waals surface area contributed by atoms with E-state index in [4.69, 9.17) is 0 Å². The Bertz CT molecular complexity index is 492. The molecule has 102 valence electrons. The van der Waals surface area contributed by atoms with Crippen LogP contribution in [-0.4, -0.2) is 47.1 Å². The third-order valence-electron chi connectivity index (χ3n) is 2.93. The third-order valence-corrected chi connectivity index (χ3v) is 2.93. The molecule has 1 N–H and O–H groups in total. The molecule has 1 aromatic carbocycles. The Balaban J connectivity index is 2.31. The highest BCUT2D eigenvalue weighted by Crippen LogP contribution is 2.16. The lowest BCUT2D eigenvalue weighted by molar-refractivity contribution is 0.338. The number of nitrogens with zero attached hydrogens (tertiary/aromatic N) is 4. The van der Waals surface area contributed by atoms with Gasteiger partial charge >= 0.3 is 0 Å². The molecule has 0 saturated carbocycles. The van der Waals surface area contributed by atoms with E-state index in [0.29, 0.717) is 0 Å². The SMILES string of the molecule is CCNC(CN(C)C)c1cnnn1-c1ccccc1. The smallest absolute Gasteiger partial charge is 0.0828 e. The van der Waals surface area contributed by atoms with Gasteiger partial charge in [-0.3, -0.25) is 0 Å². The second-order valence-electron chi connectivity index (χ2n) is 4.78. The number of benzene rings is 1. The van der Waals surface area contributed by atoms with Gasteiger partial charge in [0.25, 0.3) is 0 Å². The average molecular weight is 259 g/mol. The zero-order valence-electron chi connectivity index (χ0n) is 11.7. The van der Waals surface area contributed by atoms with E-state index in [9.17, 15) is 0 Å². The van der Waals surface area contributed by atoms with Crippen LogP contribution in [0.1, 0.15) is 18.7 Å². The number of para-hydroxylation sites is 1. The molecule has 5 heteroatoms. The van der Waals surface area contributed by atoms with Crippen molar-refractivity contribution in [2.45, 2.75) is 13.0 Å². The molecule has 5 nitrogen and oxygen atoms in total. The van der Waals surface area contributed by atoms with E-state index in [1.54, 1.807) is 0 Å². The summed E-state index contributed by atoms with van der Waals surface area (Å²) >= 11 is 0. The van der Waals surface area contributed by atoms with Gasteiger partial charge in [-0.15, -0.1) is 5.10 Å². The molecular formula is C14H21N5. The summed E-state index contributed by atoms with van der Waals surface area (Å²) in [6.07, 6.45) is 1.84. The predicted molar refractivity (Wildman–Crippen MR) is 76.3 cm³/mol. The number of hydrogen-bond donors (Lipinski definition) is 1. The second kappa shape index (κ2) is 6.45. The summed E-state index contributed by atoms with van der Waals surface area (Å²) < 4.78 is 1.90. The summed E-state index contributed by atoms with van der Waals surface area (Å²) in [6, 6.07) is 10.3. The fourth-order valence-corrected chi connectivity index (χ4v) is 2.12. The Morgan fingerprint density at radius 2 is 2.00 bits per heavy atom. The van der Waals surface area contributed by atoms with Gasteiger partial charge in [-0.1, -0.05) is 30.3 Å². The summed E-state index contributed by atoms with van der Waals surface area (Å²) in [7, 11) is 4.14. The zero-order chi connectivity index (χ0) is 13.7. The van der Waals surface area contributed by atoms with E-state index in [-0.39, 0.29) is 6.04 Å². The maximum absolute atomic E-state index is 4.21. The molecule has 1 atom stereocenters. The Morgan fingerprint density at radius 3 is 2.63 bits per heavy atom. The van der Waals surface area contributed by atoms with Crippen LogP contribution in [0.2, 0.25) is 0 Å². The normalized spacial score (nSPS) is 12.8. The second-order valence-corrected chi connectivity index (χ2v) is 4.78. The van der Waals surface area contributed by atoms with Crippen molar-refractivity contribution in [2.24, 2.45) is 0 Å². The standard InChI is InChI=1S/C14H21N5/c1-4-15-13(11-18(2)3)14-10-16-17-19(14)12-8-6-5-7-9-12/h5-10,13,15H,4,11H2,1-3H3. The number of aromatic nitrogens is 3. The average Bonchev–Trinajstić information content (AvgIpc) is 2.88. The summed E-state index contributed by atoms with van der Waals surface area (Å²) in [5, 5.41) is 11.8. The van der Waals surface area contributed by atoms with Gasteiger partial charge in [0, 0.05) is 6.54 Å². The first-order valence-electron chi connectivity index (χ1n) is 6.56. The topological polar surface area (TPSA) is 46.0 Å². The molecule has 1 unspecified atom stereocenters. The lowest BCUT2D eigenvalue weighted by Gasteiger charge is -2.22. The van der Waals surface area contributed by atoms with Gasteiger partial charge in [0.15, 0.2) is 0 Å². The Hall–Kier alpha value is -1.72. The van der Waals surface area contributed by atoms with E-state index in [1.807, 2.05) is 41.2 Å². The molecule has 0 bridgehead atoms. The van der Waals surface area contributed by atoms with Gasteiger partial charge in [0.2, 0.25) is 0 Å². The minimum absolute atomic E-state index is 0.218. The van der Waals surface area contributed by atoms with Gasteiger partial charge in [0.1, 0.15) is 0 Å². The first-order valence-corrected chi connectivity index (χ1v) is 6.56. The lowest BCUT2D eigenvalue weighted by Crippen LogP contribution is -2.32. The minimum atomic E-state index is 0.218. The molecule has 0 amide bonds. The first kappa shape index (κ1) is 13.7. The molecule has 0 spiro atoms. The third kappa shape index (κ3) is 3.39. The summed E-state index contributed by atoms with van der Waals surface area (Å²) in [5.41, 5.74) is 2.12. The highest BCUT2D eigenvalue weighted by Gasteiger charge is 2.17. The van der Waals surface area contributed by atoms with Crippen LogP contribution >= 0.6 is 0 Å². The van der Waals surface area contributed by atoms with E-state index >= 15 is 0 Å². The molecule has 0 aliphatic rings. The summed E-state index contributed by atoms with van der Waals surface area (Å²) in [4.78, 5) is 2.16. The Labute approximate surface area is 114 Å². The molecule has 0 radical (unpaired) electrons. The van der Waals surface area contributed by atoms with Crippen LogP contribution in [0.15, 0.2) is 36.5 Å². The fourth-order valence-electron chi connectivity index (χ4n) is 2.12. The van der Waals surface area contributed by atoms with Gasteiger partial charge < -0.3 is 10.2 Å². The molecule has 19 heavy (non-hydrogen) atoms.